The molecule has 3 heterocycles. The summed E-state index contributed by atoms with van der Waals surface area (Å²) in [6, 6.07) is 22.0. The van der Waals surface area contributed by atoms with E-state index < -0.39 is 0 Å². The molecule has 34 heavy (non-hydrogen) atoms. The molecule has 1 saturated heterocycles. The smallest absolute Gasteiger partial charge is 0.410 e. The molecule has 1 aliphatic carbocycles. The van der Waals surface area contributed by atoms with E-state index in [2.05, 4.69) is 35.3 Å². The number of nitriles is 1. The summed E-state index contributed by atoms with van der Waals surface area (Å²) in [6.45, 7) is 1.13. The molecule has 2 aromatic carbocycles. The lowest BCUT2D eigenvalue weighted by molar-refractivity contribution is -0.0331. The maximum absolute atomic E-state index is 13.3. The van der Waals surface area contributed by atoms with Crippen LogP contribution in [-0.2, 0) is 9.47 Å². The van der Waals surface area contributed by atoms with Crippen molar-refractivity contribution in [2.24, 2.45) is 0 Å². The highest BCUT2D eigenvalue weighted by Gasteiger charge is 2.40. The van der Waals surface area contributed by atoms with Crippen LogP contribution < -0.4 is 0 Å². The van der Waals surface area contributed by atoms with Gasteiger partial charge >= 0.3 is 6.09 Å². The van der Waals surface area contributed by atoms with Gasteiger partial charge in [0.1, 0.15) is 12.7 Å². The van der Waals surface area contributed by atoms with Crippen molar-refractivity contribution in [3.05, 3.63) is 95.3 Å². The van der Waals surface area contributed by atoms with Crippen LogP contribution in [0.1, 0.15) is 34.7 Å². The lowest BCUT2D eigenvalue weighted by atomic mass is 9.91. The summed E-state index contributed by atoms with van der Waals surface area (Å²) in [5.74, 6) is 0.0232. The summed E-state index contributed by atoms with van der Waals surface area (Å²) >= 11 is 0. The fourth-order valence-electron chi connectivity index (χ4n) is 5.48. The van der Waals surface area contributed by atoms with Gasteiger partial charge in [0, 0.05) is 12.1 Å². The molecule has 2 aliphatic heterocycles. The van der Waals surface area contributed by atoms with Crippen LogP contribution in [0.25, 0.3) is 16.7 Å². The van der Waals surface area contributed by atoms with Crippen LogP contribution in [0, 0.1) is 11.3 Å². The van der Waals surface area contributed by atoms with Gasteiger partial charge in [-0.05, 0) is 46.4 Å². The number of carbonyl (C=O) groups excluding carboxylic acids is 1. The van der Waals surface area contributed by atoms with Crippen LogP contribution in [0.3, 0.4) is 0 Å². The van der Waals surface area contributed by atoms with Crippen molar-refractivity contribution in [3.63, 3.8) is 0 Å². The van der Waals surface area contributed by atoms with E-state index in [4.69, 9.17) is 9.47 Å². The van der Waals surface area contributed by atoms with E-state index in [-0.39, 0.29) is 24.1 Å². The van der Waals surface area contributed by atoms with Gasteiger partial charge in [-0.2, -0.15) is 5.26 Å². The van der Waals surface area contributed by atoms with Gasteiger partial charge in [0.05, 0.1) is 36.6 Å². The number of hydrogen-bond donors (Lipinski definition) is 0. The zero-order valence-electron chi connectivity index (χ0n) is 18.6. The Bertz CT molecular complexity index is 1300. The van der Waals surface area contributed by atoms with E-state index in [0.29, 0.717) is 37.5 Å². The average Bonchev–Trinajstić information content (AvgIpc) is 3.20. The number of nitrogens with zero attached hydrogens (tertiary/aromatic N) is 3. The normalized spacial score (nSPS) is 20.7. The van der Waals surface area contributed by atoms with Gasteiger partial charge < -0.3 is 9.47 Å². The summed E-state index contributed by atoms with van der Waals surface area (Å²) in [5, 5.41) is 9.48. The van der Waals surface area contributed by atoms with Gasteiger partial charge in [0.2, 0.25) is 0 Å². The minimum absolute atomic E-state index is 0.0232. The van der Waals surface area contributed by atoms with Crippen molar-refractivity contribution in [2.45, 2.75) is 24.4 Å². The Balaban J connectivity index is 1.23. The number of hydrogen-bond acceptors (Lipinski definition) is 5. The summed E-state index contributed by atoms with van der Waals surface area (Å²) in [6.07, 6.45) is 3.95. The van der Waals surface area contributed by atoms with Crippen LogP contribution in [0.4, 0.5) is 4.79 Å². The van der Waals surface area contributed by atoms with Crippen LogP contribution in [0.2, 0.25) is 0 Å². The maximum atomic E-state index is 13.3. The molecule has 6 heteroatoms. The third-order valence-corrected chi connectivity index (χ3v) is 6.98. The Morgan fingerprint density at radius 1 is 1.06 bits per heavy atom. The molecule has 2 atom stereocenters. The van der Waals surface area contributed by atoms with Crippen LogP contribution in [-0.4, -0.2) is 47.9 Å². The molecule has 2 unspecified atom stereocenters. The first-order valence-electron chi connectivity index (χ1n) is 11.5. The van der Waals surface area contributed by atoms with Crippen molar-refractivity contribution in [1.82, 2.24) is 9.88 Å². The number of ether oxygens (including phenoxy) is 2. The quantitative estimate of drug-likeness (QED) is 0.576. The molecule has 6 nitrogen and oxygen atoms in total. The molecular formula is C28H23N3O3. The molecule has 0 spiro atoms. The van der Waals surface area contributed by atoms with E-state index in [1.165, 1.54) is 22.3 Å². The third kappa shape index (κ3) is 3.37. The Morgan fingerprint density at radius 3 is 2.50 bits per heavy atom. The highest BCUT2D eigenvalue weighted by atomic mass is 16.6. The van der Waals surface area contributed by atoms with Gasteiger partial charge in [0.25, 0.3) is 0 Å². The van der Waals surface area contributed by atoms with Crippen molar-refractivity contribution in [1.29, 1.82) is 5.26 Å². The molecule has 6 rings (SSSR count). The van der Waals surface area contributed by atoms with Crippen molar-refractivity contribution in [3.8, 4) is 17.2 Å². The number of aromatic nitrogens is 1. The second-order valence-corrected chi connectivity index (χ2v) is 8.88. The van der Waals surface area contributed by atoms with E-state index >= 15 is 0 Å². The van der Waals surface area contributed by atoms with E-state index in [9.17, 15) is 10.1 Å². The Kier molecular flexibility index (Phi) is 5.12. The topological polar surface area (TPSA) is 75.5 Å². The Hall–Kier alpha value is -3.95. The number of fused-ring (bicyclic) bond motifs is 5. The molecule has 1 fully saturated rings. The lowest BCUT2D eigenvalue weighted by Crippen LogP contribution is -2.56. The fourth-order valence-corrected chi connectivity index (χ4v) is 5.48. The second-order valence-electron chi connectivity index (χ2n) is 8.88. The highest BCUT2D eigenvalue weighted by molar-refractivity contribution is 5.79. The summed E-state index contributed by atoms with van der Waals surface area (Å²) in [7, 11) is 0. The van der Waals surface area contributed by atoms with Crippen molar-refractivity contribution < 1.29 is 14.3 Å². The monoisotopic (exact) mass is 449 g/mol. The summed E-state index contributed by atoms with van der Waals surface area (Å²) in [4.78, 5) is 19.5. The molecule has 0 radical (unpaired) electrons. The van der Waals surface area contributed by atoms with Crippen molar-refractivity contribution in [2.75, 3.05) is 19.8 Å². The number of benzene rings is 2. The molecule has 1 aromatic heterocycles. The number of carbonyl (C=O) groups is 1. The first-order valence-corrected chi connectivity index (χ1v) is 11.5. The lowest BCUT2D eigenvalue weighted by Gasteiger charge is -2.43. The van der Waals surface area contributed by atoms with Gasteiger partial charge in [-0.1, -0.05) is 54.6 Å². The van der Waals surface area contributed by atoms with E-state index in [1.807, 2.05) is 30.3 Å². The number of amides is 1. The standard InChI is InChI=1S/C28H23N3O3/c29-14-18-6-5-11-30-27(18)19-12-20-15-33-16-21(13-19)31(20)28(32)34-17-26-24-9-3-1-7-22(24)23-8-2-4-10-25(23)26/h1-12,20-21,26H,13,15-17H2. The second kappa shape index (κ2) is 8.44. The SMILES string of the molecule is N#Cc1cccnc1C1=CC2COCC(C1)N2C(=O)OCC1c2ccccc2-c2ccccc21. The molecule has 3 aromatic rings. The zero-order valence-corrected chi connectivity index (χ0v) is 18.6. The minimum atomic E-state index is -0.322. The molecular weight excluding hydrogens is 426 g/mol. The molecule has 0 N–H and O–H groups in total. The predicted octanol–water partition coefficient (Wildman–Crippen LogP) is 4.76. The minimum Gasteiger partial charge on any atom is -0.448 e. The summed E-state index contributed by atoms with van der Waals surface area (Å²) in [5.41, 5.74) is 7.02. The number of rotatable bonds is 3. The first kappa shape index (κ1) is 20.6. The molecule has 3 aliphatic rings. The average molecular weight is 450 g/mol. The van der Waals surface area contributed by atoms with Gasteiger partial charge in [-0.25, -0.2) is 4.79 Å². The van der Waals surface area contributed by atoms with Crippen LogP contribution in [0.5, 0.6) is 0 Å². The molecule has 1 amide bonds. The summed E-state index contributed by atoms with van der Waals surface area (Å²) < 4.78 is 11.7. The predicted molar refractivity (Wildman–Crippen MR) is 127 cm³/mol. The van der Waals surface area contributed by atoms with Crippen LogP contribution >= 0.6 is 0 Å². The Labute approximate surface area is 198 Å². The molecule has 168 valence electrons. The largest absolute Gasteiger partial charge is 0.448 e. The van der Waals surface area contributed by atoms with E-state index in [1.54, 1.807) is 23.2 Å². The third-order valence-electron chi connectivity index (χ3n) is 6.98. The van der Waals surface area contributed by atoms with Gasteiger partial charge in [0.15, 0.2) is 0 Å². The number of morpholine rings is 1. The molecule has 2 bridgehead atoms. The zero-order chi connectivity index (χ0) is 23.1. The highest BCUT2D eigenvalue weighted by Crippen LogP contribution is 2.44. The van der Waals surface area contributed by atoms with Crippen molar-refractivity contribution >= 4 is 11.7 Å². The number of pyridine rings is 1. The Morgan fingerprint density at radius 2 is 1.79 bits per heavy atom. The first-order chi connectivity index (χ1) is 16.7. The van der Waals surface area contributed by atoms with E-state index in [0.717, 1.165) is 5.57 Å². The fraction of sp³-hybridized carbons (Fsp3) is 0.250. The van der Waals surface area contributed by atoms with Crippen LogP contribution in [0.15, 0.2) is 72.9 Å². The van der Waals surface area contributed by atoms with Gasteiger partial charge in [-0.15, -0.1) is 0 Å². The van der Waals surface area contributed by atoms with Gasteiger partial charge in [-0.3, -0.25) is 9.88 Å². The maximum Gasteiger partial charge on any atom is 0.410 e. The molecule has 0 saturated carbocycles.